The number of likely N-dealkylation sites (N-methyl/N-ethyl adjacent to an activating group) is 1. The Morgan fingerprint density at radius 1 is 1.24 bits per heavy atom. The molecule has 0 saturated carbocycles. The zero-order valence-corrected chi connectivity index (χ0v) is 13.1. The first-order chi connectivity index (χ1) is 10.1. The normalized spacial score (nSPS) is 24.9. The van der Waals surface area contributed by atoms with Gasteiger partial charge in [-0.2, -0.15) is 0 Å². The van der Waals surface area contributed by atoms with Crippen LogP contribution in [0.15, 0.2) is 0 Å². The van der Waals surface area contributed by atoms with Crippen LogP contribution >= 0.6 is 0 Å². The summed E-state index contributed by atoms with van der Waals surface area (Å²) < 4.78 is 5.68. The Bertz CT molecular complexity index is 367. The van der Waals surface area contributed by atoms with E-state index in [1.165, 1.54) is 0 Å². The molecule has 21 heavy (non-hydrogen) atoms. The molecule has 1 atom stereocenters. The average molecular weight is 297 g/mol. The van der Waals surface area contributed by atoms with Crippen molar-refractivity contribution in [2.24, 2.45) is 5.92 Å². The molecule has 2 amide bonds. The molecule has 120 valence electrons. The van der Waals surface area contributed by atoms with Crippen molar-refractivity contribution in [1.29, 1.82) is 0 Å². The quantitative estimate of drug-likeness (QED) is 0.798. The first kappa shape index (κ1) is 16.2. The van der Waals surface area contributed by atoms with Crippen molar-refractivity contribution in [3.8, 4) is 0 Å². The summed E-state index contributed by atoms with van der Waals surface area (Å²) in [6.45, 7) is 6.35. The number of hydrogen-bond donors (Lipinski definition) is 1. The van der Waals surface area contributed by atoms with Gasteiger partial charge in [0, 0.05) is 45.6 Å². The number of rotatable bonds is 4. The van der Waals surface area contributed by atoms with Crippen molar-refractivity contribution in [1.82, 2.24) is 15.1 Å². The van der Waals surface area contributed by atoms with E-state index in [0.717, 1.165) is 39.0 Å². The van der Waals surface area contributed by atoms with Gasteiger partial charge in [-0.05, 0) is 26.3 Å². The van der Waals surface area contributed by atoms with Gasteiger partial charge in [-0.25, -0.2) is 0 Å². The second-order valence-corrected chi connectivity index (χ2v) is 6.12. The fraction of sp³-hybridized carbons (Fsp3) is 0.867. The summed E-state index contributed by atoms with van der Waals surface area (Å²) >= 11 is 0. The van der Waals surface area contributed by atoms with E-state index in [2.05, 4.69) is 17.3 Å². The Labute approximate surface area is 126 Å². The zero-order chi connectivity index (χ0) is 15.2. The highest BCUT2D eigenvalue weighted by Crippen LogP contribution is 2.17. The Balaban J connectivity index is 1.62. The lowest BCUT2D eigenvalue weighted by Gasteiger charge is -2.31. The lowest BCUT2D eigenvalue weighted by Crippen LogP contribution is -2.44. The third kappa shape index (κ3) is 4.97. The molecule has 0 aliphatic carbocycles. The van der Waals surface area contributed by atoms with E-state index in [-0.39, 0.29) is 23.8 Å². The minimum Gasteiger partial charge on any atom is -0.375 e. The van der Waals surface area contributed by atoms with Crippen LogP contribution < -0.4 is 5.32 Å². The highest BCUT2D eigenvalue weighted by Gasteiger charge is 2.26. The van der Waals surface area contributed by atoms with Gasteiger partial charge in [-0.3, -0.25) is 9.59 Å². The number of likely N-dealkylation sites (tertiary alicyclic amines) is 1. The minimum absolute atomic E-state index is 0.0514. The molecule has 2 fully saturated rings. The summed E-state index contributed by atoms with van der Waals surface area (Å²) in [4.78, 5) is 27.4. The van der Waals surface area contributed by atoms with Gasteiger partial charge in [0.25, 0.3) is 0 Å². The number of piperidine rings is 1. The van der Waals surface area contributed by atoms with Crippen LogP contribution in [0.3, 0.4) is 0 Å². The van der Waals surface area contributed by atoms with Gasteiger partial charge in [0.05, 0.1) is 12.7 Å². The SMILES string of the molecule is CC(=O)N1CCC(C(=O)NCCC2CN(C)CCO2)CC1. The Morgan fingerprint density at radius 2 is 1.95 bits per heavy atom. The minimum atomic E-state index is 0.0514. The number of carbonyl (C=O) groups excluding carboxylic acids is 2. The van der Waals surface area contributed by atoms with E-state index >= 15 is 0 Å². The lowest BCUT2D eigenvalue weighted by atomic mass is 9.96. The fourth-order valence-electron chi connectivity index (χ4n) is 3.00. The number of morpholine rings is 1. The van der Waals surface area contributed by atoms with E-state index in [0.29, 0.717) is 19.6 Å². The van der Waals surface area contributed by atoms with Crippen molar-refractivity contribution < 1.29 is 14.3 Å². The van der Waals surface area contributed by atoms with Gasteiger partial charge in [0.15, 0.2) is 0 Å². The predicted molar refractivity (Wildman–Crippen MR) is 79.8 cm³/mol. The topological polar surface area (TPSA) is 61.9 Å². The molecule has 0 radical (unpaired) electrons. The highest BCUT2D eigenvalue weighted by atomic mass is 16.5. The Hall–Kier alpha value is -1.14. The van der Waals surface area contributed by atoms with Crippen molar-refractivity contribution >= 4 is 11.8 Å². The van der Waals surface area contributed by atoms with Crippen LogP contribution in [0, 0.1) is 5.92 Å². The van der Waals surface area contributed by atoms with Crippen LogP contribution in [0.4, 0.5) is 0 Å². The monoisotopic (exact) mass is 297 g/mol. The van der Waals surface area contributed by atoms with E-state index in [9.17, 15) is 9.59 Å². The third-order valence-electron chi connectivity index (χ3n) is 4.42. The number of carbonyl (C=O) groups is 2. The first-order valence-electron chi connectivity index (χ1n) is 7.89. The standard InChI is InChI=1S/C15H27N3O3/c1-12(19)18-7-4-13(5-8-18)15(20)16-6-3-14-11-17(2)9-10-21-14/h13-14H,3-11H2,1-2H3,(H,16,20). The maximum absolute atomic E-state index is 12.1. The number of ether oxygens (including phenoxy) is 1. The van der Waals surface area contributed by atoms with Crippen molar-refractivity contribution in [2.75, 3.05) is 46.4 Å². The molecule has 2 aliphatic heterocycles. The molecule has 2 aliphatic rings. The molecule has 1 N–H and O–H groups in total. The summed E-state index contributed by atoms with van der Waals surface area (Å²) in [7, 11) is 2.09. The molecule has 0 spiro atoms. The van der Waals surface area contributed by atoms with Crippen molar-refractivity contribution in [3.63, 3.8) is 0 Å². The molecule has 6 nitrogen and oxygen atoms in total. The van der Waals surface area contributed by atoms with Crippen LogP contribution in [-0.4, -0.2) is 74.1 Å². The Kier molecular flexibility index (Phi) is 5.99. The first-order valence-corrected chi connectivity index (χ1v) is 7.89. The molecule has 0 bridgehead atoms. The molecule has 2 saturated heterocycles. The maximum Gasteiger partial charge on any atom is 0.223 e. The lowest BCUT2D eigenvalue weighted by molar-refractivity contribution is -0.134. The molecular weight excluding hydrogens is 270 g/mol. The van der Waals surface area contributed by atoms with Gasteiger partial charge in [-0.15, -0.1) is 0 Å². The number of nitrogens with one attached hydrogen (secondary N) is 1. The van der Waals surface area contributed by atoms with Crippen molar-refractivity contribution in [3.05, 3.63) is 0 Å². The van der Waals surface area contributed by atoms with Crippen molar-refractivity contribution in [2.45, 2.75) is 32.3 Å². The summed E-state index contributed by atoms with van der Waals surface area (Å²) in [5, 5.41) is 3.02. The smallest absolute Gasteiger partial charge is 0.223 e. The predicted octanol–water partition coefficient (Wildman–Crippen LogP) is 0.0818. The molecule has 6 heteroatoms. The number of amides is 2. The molecular formula is C15H27N3O3. The molecule has 0 aromatic rings. The van der Waals surface area contributed by atoms with E-state index in [4.69, 9.17) is 4.74 Å². The van der Waals surface area contributed by atoms with Gasteiger partial charge >= 0.3 is 0 Å². The van der Waals surface area contributed by atoms with Crippen LogP contribution in [0.5, 0.6) is 0 Å². The summed E-state index contributed by atoms with van der Waals surface area (Å²) in [5.41, 5.74) is 0. The second kappa shape index (κ2) is 7.75. The van der Waals surface area contributed by atoms with E-state index in [1.807, 2.05) is 4.90 Å². The average Bonchev–Trinajstić information content (AvgIpc) is 2.47. The van der Waals surface area contributed by atoms with Gasteiger partial charge in [0.1, 0.15) is 0 Å². The van der Waals surface area contributed by atoms with Gasteiger partial charge in [-0.1, -0.05) is 0 Å². The van der Waals surface area contributed by atoms with Crippen LogP contribution in [0.1, 0.15) is 26.2 Å². The Morgan fingerprint density at radius 3 is 2.57 bits per heavy atom. The van der Waals surface area contributed by atoms with Gasteiger partial charge in [0.2, 0.25) is 11.8 Å². The van der Waals surface area contributed by atoms with Crippen LogP contribution in [0.25, 0.3) is 0 Å². The maximum atomic E-state index is 12.1. The summed E-state index contributed by atoms with van der Waals surface area (Å²) in [5.74, 6) is 0.283. The van der Waals surface area contributed by atoms with E-state index in [1.54, 1.807) is 6.92 Å². The highest BCUT2D eigenvalue weighted by molar-refractivity contribution is 5.79. The number of nitrogens with zero attached hydrogens (tertiary/aromatic N) is 2. The fourth-order valence-corrected chi connectivity index (χ4v) is 3.00. The number of hydrogen-bond acceptors (Lipinski definition) is 4. The molecule has 0 aromatic carbocycles. The van der Waals surface area contributed by atoms with Crippen LogP contribution in [0.2, 0.25) is 0 Å². The largest absolute Gasteiger partial charge is 0.375 e. The summed E-state index contributed by atoms with van der Waals surface area (Å²) in [6.07, 6.45) is 2.63. The molecule has 1 unspecified atom stereocenters. The second-order valence-electron chi connectivity index (χ2n) is 6.12. The summed E-state index contributed by atoms with van der Waals surface area (Å²) in [6, 6.07) is 0. The molecule has 0 aromatic heterocycles. The zero-order valence-electron chi connectivity index (χ0n) is 13.1. The van der Waals surface area contributed by atoms with Gasteiger partial charge < -0.3 is 19.9 Å². The van der Waals surface area contributed by atoms with Crippen LogP contribution in [-0.2, 0) is 14.3 Å². The van der Waals surface area contributed by atoms with E-state index < -0.39 is 0 Å². The molecule has 2 rings (SSSR count). The molecule has 2 heterocycles. The third-order valence-corrected chi connectivity index (χ3v) is 4.42.